The largest absolute Gasteiger partial charge is 0.488 e. The number of benzene rings is 5. The van der Waals surface area contributed by atoms with E-state index < -0.39 is 7.12 Å². The fraction of sp³-hybridized carbons (Fsp3) is 0. The predicted octanol–water partition coefficient (Wildman–Crippen LogP) is 6.25. The van der Waals surface area contributed by atoms with Crippen LogP contribution in [0.5, 0.6) is 0 Å². The van der Waals surface area contributed by atoms with E-state index in [1.54, 1.807) is 6.07 Å². The molecule has 40 heavy (non-hydrogen) atoms. The molecule has 0 fully saturated rings. The first-order valence-electron chi connectivity index (χ1n) is 13.2. The quantitative estimate of drug-likeness (QED) is 0.265. The minimum Gasteiger partial charge on any atom is -0.423 e. The smallest absolute Gasteiger partial charge is 0.423 e. The Labute approximate surface area is 231 Å². The molecule has 0 aliphatic carbocycles. The molecular weight excluding hydrogens is 493 g/mol. The average Bonchev–Trinajstić information content (AvgIpc) is 3.35. The molecule has 7 aromatic rings. The van der Waals surface area contributed by atoms with Crippen LogP contribution in [0.4, 0.5) is 0 Å². The van der Waals surface area contributed by atoms with E-state index >= 15 is 0 Å². The van der Waals surface area contributed by atoms with Gasteiger partial charge < -0.3 is 14.6 Å². The predicted molar refractivity (Wildman–Crippen MR) is 163 cm³/mol. The third-order valence-electron chi connectivity index (χ3n) is 7.24. The van der Waals surface area contributed by atoms with Crippen molar-refractivity contribution in [1.29, 1.82) is 0 Å². The molecule has 0 bridgehead atoms. The van der Waals surface area contributed by atoms with Gasteiger partial charge in [0.25, 0.3) is 0 Å². The van der Waals surface area contributed by atoms with Gasteiger partial charge in [0.2, 0.25) is 0 Å². The molecule has 2 N–H and O–H groups in total. The highest BCUT2D eigenvalue weighted by Crippen LogP contribution is 2.33. The van der Waals surface area contributed by atoms with Gasteiger partial charge in [0, 0.05) is 33.2 Å². The zero-order valence-corrected chi connectivity index (χ0v) is 21.5. The van der Waals surface area contributed by atoms with E-state index in [1.165, 1.54) is 0 Å². The minimum absolute atomic E-state index is 0.470. The number of hydrogen-bond donors (Lipinski definition) is 2. The van der Waals surface area contributed by atoms with Crippen LogP contribution in [0.2, 0.25) is 0 Å². The van der Waals surface area contributed by atoms with Crippen molar-refractivity contribution in [3.8, 4) is 39.6 Å². The maximum atomic E-state index is 9.74. The number of nitrogens with zero attached hydrogens (tertiary/aromatic N) is 3. The van der Waals surface area contributed by atoms with E-state index in [9.17, 15) is 10.0 Å². The minimum atomic E-state index is -1.51. The van der Waals surface area contributed by atoms with E-state index in [1.807, 2.05) is 78.9 Å². The Balaban J connectivity index is 1.36. The molecule has 0 aliphatic heterocycles. The van der Waals surface area contributed by atoms with Crippen molar-refractivity contribution in [3.05, 3.63) is 133 Å². The zero-order valence-electron chi connectivity index (χ0n) is 21.5. The molecule has 0 saturated heterocycles. The van der Waals surface area contributed by atoms with Gasteiger partial charge >= 0.3 is 7.12 Å². The molecule has 0 amide bonds. The standard InChI is InChI=1S/C34H24BN3O2/c39-35(40)26-17-20-33-29(21-26)28-13-7-8-14-32(28)38(33)27-18-15-24(16-19-27)31-22-30(23-9-3-1-4-10-23)36-34(37-31)25-11-5-2-6-12-25/h1-22,39-40H. The summed E-state index contributed by atoms with van der Waals surface area (Å²) in [7, 11) is -1.51. The Bertz CT molecular complexity index is 1910. The van der Waals surface area contributed by atoms with Crippen LogP contribution < -0.4 is 5.46 Å². The Kier molecular flexibility index (Phi) is 5.97. The van der Waals surface area contributed by atoms with E-state index in [0.29, 0.717) is 11.3 Å². The lowest BCUT2D eigenvalue weighted by Crippen LogP contribution is -2.29. The second kappa shape index (κ2) is 9.93. The maximum absolute atomic E-state index is 9.74. The maximum Gasteiger partial charge on any atom is 0.488 e. The van der Waals surface area contributed by atoms with Gasteiger partial charge in [0.05, 0.1) is 22.4 Å². The molecule has 0 spiro atoms. The first-order valence-corrected chi connectivity index (χ1v) is 13.2. The summed E-state index contributed by atoms with van der Waals surface area (Å²) < 4.78 is 2.20. The third kappa shape index (κ3) is 4.26. The summed E-state index contributed by atoms with van der Waals surface area (Å²) in [5, 5.41) is 21.5. The number of fused-ring (bicyclic) bond motifs is 3. The van der Waals surface area contributed by atoms with Crippen molar-refractivity contribution in [2.75, 3.05) is 0 Å². The summed E-state index contributed by atoms with van der Waals surface area (Å²) in [6, 6.07) is 44.4. The van der Waals surface area contributed by atoms with Crippen molar-refractivity contribution in [2.24, 2.45) is 0 Å². The monoisotopic (exact) mass is 517 g/mol. The molecule has 0 unspecified atom stereocenters. The summed E-state index contributed by atoms with van der Waals surface area (Å²) in [4.78, 5) is 9.85. The fourth-order valence-corrected chi connectivity index (χ4v) is 5.28. The van der Waals surface area contributed by atoms with E-state index in [4.69, 9.17) is 9.97 Å². The lowest BCUT2D eigenvalue weighted by molar-refractivity contribution is 0.426. The van der Waals surface area contributed by atoms with Crippen molar-refractivity contribution in [2.45, 2.75) is 0 Å². The van der Waals surface area contributed by atoms with Crippen LogP contribution >= 0.6 is 0 Å². The van der Waals surface area contributed by atoms with Crippen LogP contribution in [-0.2, 0) is 0 Å². The van der Waals surface area contributed by atoms with Gasteiger partial charge in [-0.3, -0.25) is 0 Å². The highest BCUT2D eigenvalue weighted by Gasteiger charge is 2.17. The molecule has 6 heteroatoms. The zero-order chi connectivity index (χ0) is 27.1. The second-order valence-corrected chi connectivity index (χ2v) is 9.74. The molecule has 0 saturated carbocycles. The van der Waals surface area contributed by atoms with Gasteiger partial charge in [-0.05, 0) is 35.8 Å². The average molecular weight is 517 g/mol. The molecule has 5 aromatic carbocycles. The fourth-order valence-electron chi connectivity index (χ4n) is 5.28. The molecule has 190 valence electrons. The molecule has 5 nitrogen and oxygen atoms in total. The molecule has 7 rings (SSSR count). The lowest BCUT2D eigenvalue weighted by atomic mass is 9.80. The van der Waals surface area contributed by atoms with Gasteiger partial charge in [0.1, 0.15) is 0 Å². The number of para-hydroxylation sites is 1. The Hall–Kier alpha value is -5.04. The summed E-state index contributed by atoms with van der Waals surface area (Å²) in [5.41, 5.74) is 8.25. The van der Waals surface area contributed by atoms with Crippen LogP contribution in [0.3, 0.4) is 0 Å². The molecule has 0 atom stereocenters. The van der Waals surface area contributed by atoms with Gasteiger partial charge in [-0.25, -0.2) is 9.97 Å². The van der Waals surface area contributed by atoms with Gasteiger partial charge in [-0.2, -0.15) is 0 Å². The van der Waals surface area contributed by atoms with Crippen molar-refractivity contribution in [3.63, 3.8) is 0 Å². The SMILES string of the molecule is OB(O)c1ccc2c(c1)c1ccccc1n2-c1ccc(-c2cc(-c3ccccc3)nc(-c3ccccc3)n2)cc1. The van der Waals surface area contributed by atoms with Crippen molar-refractivity contribution >= 4 is 34.4 Å². The Morgan fingerprint density at radius 2 is 1.07 bits per heavy atom. The van der Waals surface area contributed by atoms with Crippen LogP contribution in [0.15, 0.2) is 133 Å². The summed E-state index contributed by atoms with van der Waals surface area (Å²) in [5.74, 6) is 0.685. The number of aromatic nitrogens is 3. The van der Waals surface area contributed by atoms with E-state index in [2.05, 4.69) is 53.1 Å². The summed E-state index contributed by atoms with van der Waals surface area (Å²) in [6.07, 6.45) is 0. The van der Waals surface area contributed by atoms with Gasteiger partial charge in [-0.15, -0.1) is 0 Å². The summed E-state index contributed by atoms with van der Waals surface area (Å²) >= 11 is 0. The van der Waals surface area contributed by atoms with E-state index in [-0.39, 0.29) is 0 Å². The molecule has 0 aliphatic rings. The van der Waals surface area contributed by atoms with Crippen LogP contribution in [0, 0.1) is 0 Å². The topological polar surface area (TPSA) is 71.2 Å². The first kappa shape index (κ1) is 24.0. The summed E-state index contributed by atoms with van der Waals surface area (Å²) in [6.45, 7) is 0. The normalized spacial score (nSPS) is 11.2. The molecule has 2 heterocycles. The van der Waals surface area contributed by atoms with Crippen molar-refractivity contribution < 1.29 is 10.0 Å². The number of rotatable bonds is 5. The van der Waals surface area contributed by atoms with Gasteiger partial charge in [-0.1, -0.05) is 103 Å². The second-order valence-electron chi connectivity index (χ2n) is 9.74. The first-order chi connectivity index (χ1) is 19.7. The highest BCUT2D eigenvalue weighted by atomic mass is 16.4. The Morgan fingerprint density at radius 1 is 0.500 bits per heavy atom. The Morgan fingerprint density at radius 3 is 1.75 bits per heavy atom. The molecular formula is C34H24BN3O2. The van der Waals surface area contributed by atoms with Crippen LogP contribution in [0.1, 0.15) is 0 Å². The third-order valence-corrected chi connectivity index (χ3v) is 7.24. The van der Waals surface area contributed by atoms with E-state index in [0.717, 1.165) is 55.6 Å². The van der Waals surface area contributed by atoms with Gasteiger partial charge in [0.15, 0.2) is 5.82 Å². The number of hydrogen-bond acceptors (Lipinski definition) is 4. The molecule has 2 aromatic heterocycles. The van der Waals surface area contributed by atoms with Crippen molar-refractivity contribution in [1.82, 2.24) is 14.5 Å². The molecule has 0 radical (unpaired) electrons. The highest BCUT2D eigenvalue weighted by molar-refractivity contribution is 6.59. The van der Waals surface area contributed by atoms with Crippen LogP contribution in [0.25, 0.3) is 61.4 Å². The lowest BCUT2D eigenvalue weighted by Gasteiger charge is -2.11. The van der Waals surface area contributed by atoms with Crippen LogP contribution in [-0.4, -0.2) is 31.7 Å².